The van der Waals surface area contributed by atoms with Crippen molar-refractivity contribution in [3.05, 3.63) is 227 Å². The fraction of sp³-hybridized carbons (Fsp3) is 0.0909. The van der Waals surface area contributed by atoms with Gasteiger partial charge >= 0.3 is 0 Å². The van der Waals surface area contributed by atoms with Crippen molar-refractivity contribution in [1.82, 2.24) is 0 Å². The maximum absolute atomic E-state index is 7.24. The topological polar surface area (TPSA) is 21.7 Å². The fourth-order valence-corrected chi connectivity index (χ4v) is 11.8. The highest BCUT2D eigenvalue weighted by molar-refractivity contribution is 7.25. The summed E-state index contributed by atoms with van der Waals surface area (Å²) >= 11 is 1.88. The van der Waals surface area contributed by atoms with Gasteiger partial charge in [0.05, 0.1) is 5.41 Å². The Morgan fingerprint density at radius 1 is 0.559 bits per heavy atom. The van der Waals surface area contributed by atoms with Crippen molar-refractivity contribution in [3.8, 4) is 33.8 Å². The van der Waals surface area contributed by atoms with E-state index in [0.717, 1.165) is 41.3 Å². The SMILES string of the molecule is C1=CC2Oc3ccc4c(c3OC2C=C1N(C1=CC=C(c2ccc3c(c2)sc2ccccc23)CC1)c1ccccc1)-c1ccccc1C41c2ccccc2-c2ccccc21. The molecule has 0 amide bonds. The molecule has 0 radical (unpaired) electrons. The highest BCUT2D eigenvalue weighted by atomic mass is 32.1. The van der Waals surface area contributed by atoms with E-state index in [4.69, 9.17) is 9.47 Å². The number of hydrogen-bond acceptors (Lipinski definition) is 4. The number of hydrogen-bond donors (Lipinski definition) is 0. The van der Waals surface area contributed by atoms with Crippen molar-refractivity contribution in [2.45, 2.75) is 30.5 Å². The number of nitrogens with zero attached hydrogens (tertiary/aromatic N) is 1. The van der Waals surface area contributed by atoms with Gasteiger partial charge in [-0.1, -0.05) is 133 Å². The van der Waals surface area contributed by atoms with Crippen molar-refractivity contribution in [1.29, 1.82) is 0 Å². The highest BCUT2D eigenvalue weighted by Crippen LogP contribution is 2.65. The predicted octanol–water partition coefficient (Wildman–Crippen LogP) is 13.6. The van der Waals surface area contributed by atoms with E-state index in [0.29, 0.717) is 0 Å². The summed E-state index contributed by atoms with van der Waals surface area (Å²) in [6, 6.07) is 57.6. The first-order chi connectivity index (χ1) is 29.2. The molecule has 4 aliphatic carbocycles. The first kappa shape index (κ1) is 33.1. The number of thiophene rings is 1. The molecule has 3 nitrogen and oxygen atoms in total. The first-order valence-corrected chi connectivity index (χ1v) is 21.4. The summed E-state index contributed by atoms with van der Waals surface area (Å²) in [7, 11) is 0. The van der Waals surface area contributed by atoms with Crippen molar-refractivity contribution in [2.75, 3.05) is 4.90 Å². The number of para-hydroxylation sites is 1. The highest BCUT2D eigenvalue weighted by Gasteiger charge is 2.53. The fourth-order valence-electron chi connectivity index (χ4n) is 10.6. The van der Waals surface area contributed by atoms with E-state index in [1.807, 2.05) is 11.3 Å². The maximum atomic E-state index is 7.24. The first-order valence-electron chi connectivity index (χ1n) is 20.6. The van der Waals surface area contributed by atoms with Crippen LogP contribution in [0.3, 0.4) is 0 Å². The molecular formula is C55H37NO2S. The Morgan fingerprint density at radius 2 is 1.25 bits per heavy atom. The molecule has 0 saturated heterocycles. The van der Waals surface area contributed by atoms with Crippen LogP contribution in [0.25, 0.3) is 48.0 Å². The number of rotatable bonds is 4. The number of ether oxygens (including phenoxy) is 2. The van der Waals surface area contributed by atoms with E-state index in [-0.39, 0.29) is 12.2 Å². The van der Waals surface area contributed by atoms with Gasteiger partial charge in [0.2, 0.25) is 0 Å². The van der Waals surface area contributed by atoms with Crippen LogP contribution in [0.5, 0.6) is 11.5 Å². The Hall–Kier alpha value is -6.88. The summed E-state index contributed by atoms with van der Waals surface area (Å²) < 4.78 is 16.8. The molecule has 280 valence electrons. The van der Waals surface area contributed by atoms with E-state index in [9.17, 15) is 0 Å². The summed E-state index contributed by atoms with van der Waals surface area (Å²) in [6.07, 6.45) is 12.6. The summed E-state index contributed by atoms with van der Waals surface area (Å²) in [6.45, 7) is 0. The minimum absolute atomic E-state index is 0.240. The van der Waals surface area contributed by atoms with Crippen molar-refractivity contribution in [3.63, 3.8) is 0 Å². The Kier molecular flexibility index (Phi) is 7.05. The maximum Gasteiger partial charge on any atom is 0.170 e. The van der Waals surface area contributed by atoms with Gasteiger partial charge in [0.15, 0.2) is 23.7 Å². The van der Waals surface area contributed by atoms with Gasteiger partial charge in [-0.25, -0.2) is 0 Å². The minimum Gasteiger partial charge on any atom is -0.478 e. The van der Waals surface area contributed by atoms with Gasteiger partial charge in [-0.2, -0.15) is 0 Å². The van der Waals surface area contributed by atoms with Crippen LogP contribution in [0.2, 0.25) is 0 Å². The second kappa shape index (κ2) is 12.6. The molecule has 2 atom stereocenters. The zero-order valence-corrected chi connectivity index (χ0v) is 33.0. The second-order valence-electron chi connectivity index (χ2n) is 16.1. The lowest BCUT2D eigenvalue weighted by Gasteiger charge is -2.38. The van der Waals surface area contributed by atoms with E-state index in [1.165, 1.54) is 76.0 Å². The molecule has 2 heterocycles. The summed E-state index contributed by atoms with van der Waals surface area (Å²) in [4.78, 5) is 2.40. The molecule has 59 heavy (non-hydrogen) atoms. The van der Waals surface area contributed by atoms with Crippen LogP contribution >= 0.6 is 11.3 Å². The molecule has 2 unspecified atom stereocenters. The summed E-state index contributed by atoms with van der Waals surface area (Å²) in [5.74, 6) is 1.62. The number of benzene rings is 7. The molecule has 8 aromatic rings. The van der Waals surface area contributed by atoms with Crippen LogP contribution in [0.1, 0.15) is 40.7 Å². The Labute approximate surface area is 347 Å². The number of fused-ring (bicyclic) bond motifs is 16. The average Bonchev–Trinajstić information content (AvgIpc) is 3.93. The van der Waals surface area contributed by atoms with E-state index >= 15 is 0 Å². The van der Waals surface area contributed by atoms with E-state index in [2.05, 4.69) is 193 Å². The molecule has 5 aliphatic rings. The van der Waals surface area contributed by atoms with Gasteiger partial charge in [0.25, 0.3) is 0 Å². The van der Waals surface area contributed by atoms with Crippen LogP contribution in [0.4, 0.5) is 5.69 Å². The molecule has 7 aromatic carbocycles. The molecule has 1 aliphatic heterocycles. The predicted molar refractivity (Wildman–Crippen MR) is 242 cm³/mol. The Balaban J connectivity index is 0.893. The zero-order valence-electron chi connectivity index (χ0n) is 32.1. The van der Waals surface area contributed by atoms with Gasteiger partial charge in [0, 0.05) is 42.8 Å². The lowest BCUT2D eigenvalue weighted by molar-refractivity contribution is 0.0755. The number of anilines is 1. The molecular weight excluding hydrogens is 739 g/mol. The molecule has 1 aromatic heterocycles. The lowest BCUT2D eigenvalue weighted by Crippen LogP contribution is -2.40. The van der Waals surface area contributed by atoms with Crippen LogP contribution in [-0.2, 0) is 5.41 Å². The van der Waals surface area contributed by atoms with Gasteiger partial charge in [-0.05, 0) is 118 Å². The third kappa shape index (κ3) is 4.69. The standard InChI is InChI=1S/C55H37NO2S/c1-2-12-36(13-3-1)56(37-25-22-34(23-26-37)35-24-28-42-41-16-7-11-21-51(41)59-52(42)32-35)38-27-30-48-50(33-38)58-54-49(57-48)31-29-47-53(54)43-17-6-10-20-46(43)55(47)44-18-8-4-14-39(44)40-15-5-9-19-45(40)55/h1-22,24-25,27-33,48,50H,23,26H2. The molecule has 4 heteroatoms. The molecule has 0 N–H and O–H groups in total. The van der Waals surface area contributed by atoms with Gasteiger partial charge in [-0.3, -0.25) is 0 Å². The minimum atomic E-state index is -0.435. The quantitative estimate of drug-likeness (QED) is 0.178. The lowest BCUT2D eigenvalue weighted by atomic mass is 9.70. The molecule has 13 rings (SSSR count). The smallest absolute Gasteiger partial charge is 0.170 e. The van der Waals surface area contributed by atoms with Crippen LogP contribution in [0.15, 0.2) is 199 Å². The normalized spacial score (nSPS) is 18.7. The molecule has 1 spiro atoms. The largest absolute Gasteiger partial charge is 0.478 e. The van der Waals surface area contributed by atoms with Crippen molar-refractivity contribution < 1.29 is 9.47 Å². The number of allylic oxidation sites excluding steroid dienone is 5. The molecule has 0 fully saturated rings. The zero-order chi connectivity index (χ0) is 38.7. The van der Waals surface area contributed by atoms with Crippen molar-refractivity contribution >= 4 is 42.8 Å². The average molecular weight is 776 g/mol. The van der Waals surface area contributed by atoms with Gasteiger partial charge in [-0.15, -0.1) is 11.3 Å². The van der Waals surface area contributed by atoms with Crippen LogP contribution in [-0.4, -0.2) is 12.2 Å². The third-order valence-electron chi connectivity index (χ3n) is 13.1. The van der Waals surface area contributed by atoms with Crippen molar-refractivity contribution in [2.24, 2.45) is 0 Å². The van der Waals surface area contributed by atoms with Crippen LogP contribution in [0, 0.1) is 0 Å². The van der Waals surface area contributed by atoms with Gasteiger partial charge < -0.3 is 14.4 Å². The van der Waals surface area contributed by atoms with Crippen LogP contribution < -0.4 is 14.4 Å². The van der Waals surface area contributed by atoms with E-state index in [1.54, 1.807) is 0 Å². The summed E-state index contributed by atoms with van der Waals surface area (Å²) in [5, 5.41) is 2.68. The van der Waals surface area contributed by atoms with Gasteiger partial charge in [0.1, 0.15) is 0 Å². The second-order valence-corrected chi connectivity index (χ2v) is 17.2. The Morgan fingerprint density at radius 3 is 2.03 bits per heavy atom. The molecule has 0 bridgehead atoms. The molecule has 0 saturated carbocycles. The Bertz CT molecular complexity index is 3160. The van der Waals surface area contributed by atoms with E-state index < -0.39 is 5.41 Å². The third-order valence-corrected chi connectivity index (χ3v) is 14.3. The monoisotopic (exact) mass is 775 g/mol. The summed E-state index contributed by atoms with van der Waals surface area (Å²) in [5.41, 5.74) is 15.8.